The lowest BCUT2D eigenvalue weighted by Gasteiger charge is -2.34. The van der Waals surface area contributed by atoms with Crippen molar-refractivity contribution in [2.24, 2.45) is 0 Å². The molecular formula is C17H23N5O3S. The molecule has 140 valence electrons. The standard InChI is InChI=1S/C17H23N5O3S/c1-12-10-21(15-4-3-14(9-18-15)26(2,23)24)11-16-19-20-17(22(12)16)13-5-7-25-8-6-13/h3-4,9,12-13H,5-8,10-11H2,1-2H3/t12-/m0/s1. The summed E-state index contributed by atoms with van der Waals surface area (Å²) in [4.78, 5) is 6.70. The maximum absolute atomic E-state index is 11.6. The summed E-state index contributed by atoms with van der Waals surface area (Å²) in [5.41, 5.74) is 0. The van der Waals surface area contributed by atoms with Gasteiger partial charge in [-0.1, -0.05) is 0 Å². The Morgan fingerprint density at radius 3 is 2.62 bits per heavy atom. The first-order valence-corrected chi connectivity index (χ1v) is 10.7. The average Bonchev–Trinajstić information content (AvgIpc) is 3.06. The van der Waals surface area contributed by atoms with E-state index in [0.717, 1.165) is 50.1 Å². The third-order valence-corrected chi connectivity index (χ3v) is 6.21. The van der Waals surface area contributed by atoms with Crippen LogP contribution in [-0.2, 0) is 21.1 Å². The second-order valence-corrected chi connectivity index (χ2v) is 9.10. The number of anilines is 1. The van der Waals surface area contributed by atoms with Crippen LogP contribution >= 0.6 is 0 Å². The molecule has 0 spiro atoms. The largest absolute Gasteiger partial charge is 0.381 e. The van der Waals surface area contributed by atoms with Crippen LogP contribution in [0.1, 0.15) is 43.4 Å². The zero-order valence-electron chi connectivity index (χ0n) is 15.0. The van der Waals surface area contributed by atoms with E-state index in [1.165, 1.54) is 12.5 Å². The van der Waals surface area contributed by atoms with Crippen LogP contribution in [0.25, 0.3) is 0 Å². The first kappa shape index (κ1) is 17.4. The number of nitrogens with zero attached hydrogens (tertiary/aromatic N) is 5. The van der Waals surface area contributed by atoms with E-state index in [4.69, 9.17) is 4.74 Å². The van der Waals surface area contributed by atoms with Crippen molar-refractivity contribution in [2.75, 3.05) is 30.9 Å². The van der Waals surface area contributed by atoms with Gasteiger partial charge in [0.25, 0.3) is 0 Å². The van der Waals surface area contributed by atoms with Crippen molar-refractivity contribution in [2.45, 2.75) is 43.2 Å². The van der Waals surface area contributed by atoms with E-state index in [9.17, 15) is 8.42 Å². The van der Waals surface area contributed by atoms with Crippen LogP contribution < -0.4 is 4.90 Å². The Labute approximate surface area is 153 Å². The van der Waals surface area contributed by atoms with Gasteiger partial charge < -0.3 is 14.2 Å². The molecule has 1 atom stereocenters. The molecule has 2 aliphatic heterocycles. The predicted octanol–water partition coefficient (Wildman–Crippen LogP) is 1.55. The second kappa shape index (κ2) is 6.62. The smallest absolute Gasteiger partial charge is 0.177 e. The fourth-order valence-corrected chi connectivity index (χ4v) is 4.31. The Morgan fingerprint density at radius 2 is 1.96 bits per heavy atom. The first-order chi connectivity index (χ1) is 12.4. The Kier molecular flexibility index (Phi) is 4.44. The van der Waals surface area contributed by atoms with Crippen LogP contribution in [0.4, 0.5) is 5.82 Å². The lowest BCUT2D eigenvalue weighted by Crippen LogP contribution is -2.38. The maximum atomic E-state index is 11.6. The van der Waals surface area contributed by atoms with Crippen LogP contribution in [0.15, 0.2) is 23.2 Å². The SMILES string of the molecule is C[C@H]1CN(c2ccc(S(C)(=O)=O)cn2)Cc2nnc(C3CCOCC3)n21. The van der Waals surface area contributed by atoms with Gasteiger partial charge in [0.15, 0.2) is 15.7 Å². The molecule has 2 aromatic heterocycles. The number of sulfone groups is 1. The van der Waals surface area contributed by atoms with Crippen LogP contribution in [-0.4, -0.2) is 54.2 Å². The van der Waals surface area contributed by atoms with Crippen molar-refractivity contribution in [3.05, 3.63) is 30.0 Å². The van der Waals surface area contributed by atoms with Crippen molar-refractivity contribution >= 4 is 15.7 Å². The number of fused-ring (bicyclic) bond motifs is 1. The Balaban J connectivity index is 1.58. The minimum absolute atomic E-state index is 0.225. The quantitative estimate of drug-likeness (QED) is 0.801. The van der Waals surface area contributed by atoms with Crippen molar-refractivity contribution in [3.63, 3.8) is 0 Å². The molecule has 0 unspecified atom stereocenters. The monoisotopic (exact) mass is 377 g/mol. The molecule has 2 aromatic rings. The number of hydrogen-bond donors (Lipinski definition) is 0. The van der Waals surface area contributed by atoms with Crippen LogP contribution in [0.3, 0.4) is 0 Å². The first-order valence-electron chi connectivity index (χ1n) is 8.86. The molecule has 1 saturated heterocycles. The van der Waals surface area contributed by atoms with Gasteiger partial charge in [0, 0.05) is 38.1 Å². The van der Waals surface area contributed by atoms with E-state index >= 15 is 0 Å². The van der Waals surface area contributed by atoms with Gasteiger partial charge in [-0.25, -0.2) is 13.4 Å². The fourth-order valence-electron chi connectivity index (χ4n) is 3.75. The van der Waals surface area contributed by atoms with Gasteiger partial charge in [0.05, 0.1) is 17.5 Å². The third-order valence-electron chi connectivity index (χ3n) is 5.11. The summed E-state index contributed by atoms with van der Waals surface area (Å²) < 4.78 is 30.9. The van der Waals surface area contributed by atoms with Crippen LogP contribution in [0.2, 0.25) is 0 Å². The number of aromatic nitrogens is 4. The van der Waals surface area contributed by atoms with Crippen LogP contribution in [0.5, 0.6) is 0 Å². The van der Waals surface area contributed by atoms with Gasteiger partial charge in [-0.05, 0) is 31.9 Å². The molecule has 4 heterocycles. The lowest BCUT2D eigenvalue weighted by atomic mass is 9.99. The highest BCUT2D eigenvalue weighted by molar-refractivity contribution is 7.90. The molecule has 0 N–H and O–H groups in total. The average molecular weight is 377 g/mol. The molecular weight excluding hydrogens is 354 g/mol. The number of pyridine rings is 1. The molecule has 2 aliphatic rings. The Hall–Kier alpha value is -2.00. The van der Waals surface area contributed by atoms with Crippen molar-refractivity contribution in [1.82, 2.24) is 19.7 Å². The van der Waals surface area contributed by atoms with Crippen molar-refractivity contribution in [3.8, 4) is 0 Å². The molecule has 0 aromatic carbocycles. The third kappa shape index (κ3) is 3.21. The molecule has 1 fully saturated rings. The summed E-state index contributed by atoms with van der Waals surface area (Å²) in [5.74, 6) is 3.16. The zero-order valence-corrected chi connectivity index (χ0v) is 15.8. The molecule has 8 nitrogen and oxygen atoms in total. The predicted molar refractivity (Wildman–Crippen MR) is 95.9 cm³/mol. The Bertz CT molecular complexity index is 888. The number of ether oxygens (including phenoxy) is 1. The summed E-state index contributed by atoms with van der Waals surface area (Å²) in [5, 5.41) is 8.90. The Morgan fingerprint density at radius 1 is 1.19 bits per heavy atom. The lowest BCUT2D eigenvalue weighted by molar-refractivity contribution is 0.0823. The van der Waals surface area contributed by atoms with E-state index in [1.54, 1.807) is 12.1 Å². The molecule has 0 radical (unpaired) electrons. The summed E-state index contributed by atoms with van der Waals surface area (Å²) in [6.45, 7) is 5.12. The number of hydrogen-bond acceptors (Lipinski definition) is 7. The minimum Gasteiger partial charge on any atom is -0.381 e. The van der Waals surface area contributed by atoms with E-state index in [-0.39, 0.29) is 10.9 Å². The fraction of sp³-hybridized carbons (Fsp3) is 0.588. The highest BCUT2D eigenvalue weighted by atomic mass is 32.2. The minimum atomic E-state index is -3.24. The van der Waals surface area contributed by atoms with E-state index < -0.39 is 9.84 Å². The molecule has 0 aliphatic carbocycles. The maximum Gasteiger partial charge on any atom is 0.177 e. The zero-order chi connectivity index (χ0) is 18.3. The van der Waals surface area contributed by atoms with Crippen molar-refractivity contribution < 1.29 is 13.2 Å². The number of rotatable bonds is 3. The van der Waals surface area contributed by atoms with Gasteiger partial charge in [-0.2, -0.15) is 0 Å². The van der Waals surface area contributed by atoms with Gasteiger partial charge in [0.1, 0.15) is 11.6 Å². The van der Waals surface area contributed by atoms with E-state index in [0.29, 0.717) is 12.5 Å². The van der Waals surface area contributed by atoms with Gasteiger partial charge >= 0.3 is 0 Å². The highest BCUT2D eigenvalue weighted by Crippen LogP contribution is 2.32. The van der Waals surface area contributed by atoms with Crippen molar-refractivity contribution in [1.29, 1.82) is 0 Å². The van der Waals surface area contributed by atoms with E-state index in [1.807, 2.05) is 0 Å². The normalized spacial score (nSPS) is 21.6. The molecule has 0 amide bonds. The summed E-state index contributed by atoms with van der Waals surface area (Å²) in [6, 6.07) is 3.59. The molecule has 0 saturated carbocycles. The topological polar surface area (TPSA) is 90.2 Å². The molecule has 9 heteroatoms. The summed E-state index contributed by atoms with van der Waals surface area (Å²) in [6.07, 6.45) is 4.58. The molecule has 0 bridgehead atoms. The van der Waals surface area contributed by atoms with Gasteiger partial charge in [0.2, 0.25) is 0 Å². The molecule has 26 heavy (non-hydrogen) atoms. The molecule has 4 rings (SSSR count). The second-order valence-electron chi connectivity index (χ2n) is 7.08. The van der Waals surface area contributed by atoms with Gasteiger partial charge in [-0.3, -0.25) is 0 Å². The van der Waals surface area contributed by atoms with E-state index in [2.05, 4.69) is 31.6 Å². The van der Waals surface area contributed by atoms with Crippen LogP contribution in [0, 0.1) is 0 Å². The summed E-state index contributed by atoms with van der Waals surface area (Å²) >= 11 is 0. The van der Waals surface area contributed by atoms with Gasteiger partial charge in [-0.15, -0.1) is 10.2 Å². The summed E-state index contributed by atoms with van der Waals surface area (Å²) in [7, 11) is -3.24. The highest BCUT2D eigenvalue weighted by Gasteiger charge is 2.31.